The topological polar surface area (TPSA) is 0 Å². The van der Waals surface area contributed by atoms with Crippen molar-refractivity contribution >= 4 is 45.8 Å². The number of thiol groups is 1. The smallest absolute Gasteiger partial charge is 0.156 e. The minimum absolute atomic E-state index is 0.127. The zero-order valence-electron chi connectivity index (χ0n) is 6.87. The zero-order valence-corrected chi connectivity index (χ0v) is 9.40. The third kappa shape index (κ3) is 1.47. The largest absolute Gasteiger partial charge is 0.204 e. The molecule has 0 saturated heterocycles. The van der Waals surface area contributed by atoms with Gasteiger partial charge in [-0.15, -0.1) is 35.7 Å². The summed E-state index contributed by atoms with van der Waals surface area (Å²) in [4.78, 5) is 0.714. The molecule has 13 heavy (non-hydrogen) atoms. The first-order chi connectivity index (χ1) is 6.24. The molecule has 0 radical (unpaired) electrons. The number of hydrogen-bond donors (Lipinski definition) is 1. The Morgan fingerprint density at radius 3 is 2.85 bits per heavy atom. The Hall–Kier alpha value is -0.190. The van der Waals surface area contributed by atoms with E-state index in [9.17, 15) is 4.39 Å². The average molecular weight is 230 g/mol. The van der Waals surface area contributed by atoms with E-state index in [1.807, 2.05) is 24.5 Å². The molecule has 0 aliphatic heterocycles. The van der Waals surface area contributed by atoms with Gasteiger partial charge in [-0.3, -0.25) is 0 Å². The van der Waals surface area contributed by atoms with Gasteiger partial charge in [-0.25, -0.2) is 4.39 Å². The number of hydrogen-bond acceptors (Lipinski definition) is 3. The fourth-order valence-electron chi connectivity index (χ4n) is 1.20. The van der Waals surface area contributed by atoms with Gasteiger partial charge in [0.2, 0.25) is 0 Å². The fraction of sp³-hybridized carbons (Fsp3) is 0.111. The highest BCUT2D eigenvalue weighted by molar-refractivity contribution is 8.00. The van der Waals surface area contributed by atoms with Gasteiger partial charge in [0.15, 0.2) is 5.82 Å². The lowest BCUT2D eigenvalue weighted by molar-refractivity contribution is 0.622. The van der Waals surface area contributed by atoms with Gasteiger partial charge in [-0.05, 0) is 18.4 Å². The van der Waals surface area contributed by atoms with Crippen LogP contribution >= 0.6 is 35.7 Å². The molecule has 2 rings (SSSR count). The first-order valence-electron chi connectivity index (χ1n) is 3.68. The van der Waals surface area contributed by atoms with Gasteiger partial charge < -0.3 is 0 Å². The molecule has 4 heteroatoms. The highest BCUT2D eigenvalue weighted by Crippen LogP contribution is 2.38. The van der Waals surface area contributed by atoms with Gasteiger partial charge in [-0.1, -0.05) is 6.07 Å². The fourth-order valence-corrected chi connectivity index (χ4v) is 3.31. The number of thiophene rings is 1. The van der Waals surface area contributed by atoms with E-state index < -0.39 is 0 Å². The molecule has 1 heterocycles. The second kappa shape index (κ2) is 3.52. The molecule has 0 aliphatic rings. The number of fused-ring (bicyclic) bond motifs is 1. The maximum atomic E-state index is 13.6. The van der Waals surface area contributed by atoms with Crippen LogP contribution in [0.3, 0.4) is 0 Å². The second-order valence-corrected chi connectivity index (χ2v) is 5.17. The van der Waals surface area contributed by atoms with Crippen molar-refractivity contribution in [2.45, 2.75) is 9.10 Å². The summed E-state index contributed by atoms with van der Waals surface area (Å²) in [5.74, 6) is -0.127. The molecule has 0 nitrogen and oxygen atoms in total. The summed E-state index contributed by atoms with van der Waals surface area (Å²) < 4.78 is 15.3. The van der Waals surface area contributed by atoms with Gasteiger partial charge in [-0.2, -0.15) is 0 Å². The molecule has 1 aromatic heterocycles. The summed E-state index contributed by atoms with van der Waals surface area (Å²) in [6.45, 7) is 0. The molecule has 0 unspecified atom stereocenters. The quantitative estimate of drug-likeness (QED) is 0.569. The molecule has 1 aromatic carbocycles. The van der Waals surface area contributed by atoms with Crippen molar-refractivity contribution < 1.29 is 4.39 Å². The van der Waals surface area contributed by atoms with Crippen LogP contribution in [0.5, 0.6) is 0 Å². The van der Waals surface area contributed by atoms with Gasteiger partial charge in [0.05, 0.1) is 4.21 Å². The zero-order chi connectivity index (χ0) is 9.42. The number of thioether (sulfide) groups is 1. The van der Waals surface area contributed by atoms with Gasteiger partial charge in [0.1, 0.15) is 0 Å². The normalized spacial score (nSPS) is 11.0. The Balaban J connectivity index is 2.85. The first-order valence-corrected chi connectivity index (χ1v) is 6.17. The number of benzene rings is 1. The molecule has 0 aliphatic carbocycles. The van der Waals surface area contributed by atoms with Crippen molar-refractivity contribution in [2.24, 2.45) is 0 Å². The van der Waals surface area contributed by atoms with E-state index >= 15 is 0 Å². The van der Waals surface area contributed by atoms with Crippen LogP contribution in [0.25, 0.3) is 10.1 Å². The summed E-state index contributed by atoms with van der Waals surface area (Å²) in [6, 6.07) is 5.62. The summed E-state index contributed by atoms with van der Waals surface area (Å²) in [7, 11) is 0. The predicted molar refractivity (Wildman–Crippen MR) is 60.8 cm³/mol. The number of halogens is 1. The van der Waals surface area contributed by atoms with Crippen molar-refractivity contribution in [3.63, 3.8) is 0 Å². The standard InChI is InChI=1S/C9H7FS3/c1-12-9-8(10)7-5(11)3-2-4-6(7)13-9/h2-4,11H,1H3. The maximum Gasteiger partial charge on any atom is 0.156 e. The van der Waals surface area contributed by atoms with Crippen LogP contribution in [0.15, 0.2) is 27.3 Å². The van der Waals surface area contributed by atoms with E-state index in [1.54, 1.807) is 0 Å². The summed E-state index contributed by atoms with van der Waals surface area (Å²) in [6.07, 6.45) is 1.88. The van der Waals surface area contributed by atoms with Crippen LogP contribution in [0, 0.1) is 5.82 Å². The van der Waals surface area contributed by atoms with Gasteiger partial charge >= 0.3 is 0 Å². The summed E-state index contributed by atoms with van der Waals surface area (Å²) in [5, 5.41) is 0.653. The molecule has 0 fully saturated rings. The van der Waals surface area contributed by atoms with E-state index in [1.165, 1.54) is 23.1 Å². The minimum Gasteiger partial charge on any atom is -0.204 e. The predicted octanol–water partition coefficient (Wildman–Crippen LogP) is 4.05. The van der Waals surface area contributed by atoms with Crippen LogP contribution in [0.4, 0.5) is 4.39 Å². The second-order valence-electron chi connectivity index (χ2n) is 2.56. The molecule has 0 saturated carbocycles. The molecular weight excluding hydrogens is 223 g/mol. The highest BCUT2D eigenvalue weighted by atomic mass is 32.2. The maximum absolute atomic E-state index is 13.6. The monoisotopic (exact) mass is 230 g/mol. The SMILES string of the molecule is CSc1sc2cccc(S)c2c1F. The lowest BCUT2D eigenvalue weighted by Gasteiger charge is -1.93. The van der Waals surface area contributed by atoms with E-state index in [0.717, 1.165) is 8.91 Å². The van der Waals surface area contributed by atoms with Crippen molar-refractivity contribution in [3.05, 3.63) is 24.0 Å². The van der Waals surface area contributed by atoms with Gasteiger partial charge in [0, 0.05) is 15.0 Å². The Morgan fingerprint density at radius 2 is 2.23 bits per heavy atom. The van der Waals surface area contributed by atoms with Crippen LogP contribution in [0.1, 0.15) is 0 Å². The molecule has 0 amide bonds. The third-order valence-corrected chi connectivity index (χ3v) is 4.39. The van der Waals surface area contributed by atoms with E-state index in [0.29, 0.717) is 10.3 Å². The molecule has 2 aromatic rings. The van der Waals surface area contributed by atoms with Crippen molar-refractivity contribution in [2.75, 3.05) is 6.26 Å². The minimum atomic E-state index is -0.127. The molecule has 0 atom stereocenters. The molecule has 68 valence electrons. The van der Waals surface area contributed by atoms with Crippen LogP contribution in [0.2, 0.25) is 0 Å². The Bertz CT molecular complexity index is 447. The van der Waals surface area contributed by atoms with E-state index in [4.69, 9.17) is 0 Å². The Morgan fingerprint density at radius 1 is 1.46 bits per heavy atom. The van der Waals surface area contributed by atoms with E-state index in [-0.39, 0.29) is 5.82 Å². The Kier molecular flexibility index (Phi) is 2.53. The Labute approximate surface area is 89.6 Å². The van der Waals surface area contributed by atoms with Crippen LogP contribution in [-0.2, 0) is 0 Å². The van der Waals surface area contributed by atoms with Crippen molar-refractivity contribution in [1.29, 1.82) is 0 Å². The van der Waals surface area contributed by atoms with Crippen LogP contribution in [-0.4, -0.2) is 6.26 Å². The molecule has 0 bridgehead atoms. The summed E-state index contributed by atoms with van der Waals surface area (Å²) >= 11 is 7.15. The van der Waals surface area contributed by atoms with Crippen molar-refractivity contribution in [1.82, 2.24) is 0 Å². The molecule has 0 N–H and O–H groups in total. The first kappa shape index (κ1) is 9.37. The van der Waals surface area contributed by atoms with Crippen molar-refractivity contribution in [3.8, 4) is 0 Å². The van der Waals surface area contributed by atoms with E-state index in [2.05, 4.69) is 12.6 Å². The summed E-state index contributed by atoms with van der Waals surface area (Å²) in [5.41, 5.74) is 0. The molecule has 0 spiro atoms. The molecular formula is C9H7FS3. The van der Waals surface area contributed by atoms with Gasteiger partial charge in [0.25, 0.3) is 0 Å². The number of rotatable bonds is 1. The average Bonchev–Trinajstić information content (AvgIpc) is 2.44. The third-order valence-electron chi connectivity index (χ3n) is 1.79. The lowest BCUT2D eigenvalue weighted by Crippen LogP contribution is -1.73. The lowest BCUT2D eigenvalue weighted by atomic mass is 10.2. The highest BCUT2D eigenvalue weighted by Gasteiger charge is 2.12. The van der Waals surface area contributed by atoms with Crippen LogP contribution < -0.4 is 0 Å².